The number of aliphatic carboxylic acids is 1. The maximum Gasteiger partial charge on any atom is 0.326 e. The molecule has 0 bridgehead atoms. The number of amides is 1. The fourth-order valence-corrected chi connectivity index (χ4v) is 2.72. The van der Waals surface area contributed by atoms with Gasteiger partial charge in [0.25, 0.3) is 0 Å². The van der Waals surface area contributed by atoms with Crippen LogP contribution in [0.2, 0.25) is 0 Å². The summed E-state index contributed by atoms with van der Waals surface area (Å²) in [5.41, 5.74) is 5.83. The maximum atomic E-state index is 12.0. The van der Waals surface area contributed by atoms with Gasteiger partial charge in [0.15, 0.2) is 0 Å². The highest BCUT2D eigenvalue weighted by Gasteiger charge is 2.28. The van der Waals surface area contributed by atoms with Crippen LogP contribution in [0.4, 0.5) is 0 Å². The molecule has 0 saturated heterocycles. The zero-order chi connectivity index (χ0) is 13.5. The van der Waals surface area contributed by atoms with Gasteiger partial charge in [-0.3, -0.25) is 4.79 Å². The second-order valence-electron chi connectivity index (χ2n) is 4.80. The second kappa shape index (κ2) is 7.63. The van der Waals surface area contributed by atoms with Crippen LogP contribution in [-0.2, 0) is 9.59 Å². The van der Waals surface area contributed by atoms with Crippen LogP contribution >= 0.6 is 11.8 Å². The summed E-state index contributed by atoms with van der Waals surface area (Å²) in [7, 11) is 0. The molecule has 5 nitrogen and oxygen atoms in total. The standard InChI is InChI=1S/C12H22N2O3S/c1-18-6-5-10(12(16)17)14-11(15)8-3-2-4-9(13)7-8/h8-10H,2-7,13H2,1H3,(H,14,15)(H,16,17)/t8?,9?,10-/m1/s1. The fraction of sp³-hybridized carbons (Fsp3) is 0.833. The summed E-state index contributed by atoms with van der Waals surface area (Å²) in [4.78, 5) is 23.0. The fourth-order valence-electron chi connectivity index (χ4n) is 2.25. The van der Waals surface area contributed by atoms with Crippen molar-refractivity contribution in [2.45, 2.75) is 44.2 Å². The number of carboxylic acids is 1. The number of carbonyl (C=O) groups excluding carboxylic acids is 1. The van der Waals surface area contributed by atoms with Gasteiger partial charge >= 0.3 is 5.97 Å². The smallest absolute Gasteiger partial charge is 0.326 e. The Balaban J connectivity index is 2.46. The molecule has 104 valence electrons. The number of rotatable bonds is 6. The summed E-state index contributed by atoms with van der Waals surface area (Å²) in [5.74, 6) is -0.512. The van der Waals surface area contributed by atoms with E-state index in [2.05, 4.69) is 5.32 Å². The number of thioether (sulfide) groups is 1. The number of nitrogens with two attached hydrogens (primary N) is 1. The van der Waals surface area contributed by atoms with Crippen LogP contribution in [0.15, 0.2) is 0 Å². The van der Waals surface area contributed by atoms with Gasteiger partial charge in [-0.1, -0.05) is 6.42 Å². The zero-order valence-corrected chi connectivity index (χ0v) is 11.5. The minimum atomic E-state index is -0.961. The second-order valence-corrected chi connectivity index (χ2v) is 5.79. The lowest BCUT2D eigenvalue weighted by molar-refractivity contribution is -0.142. The monoisotopic (exact) mass is 274 g/mol. The van der Waals surface area contributed by atoms with Crippen LogP contribution in [0.1, 0.15) is 32.1 Å². The molecule has 0 aromatic rings. The van der Waals surface area contributed by atoms with E-state index in [9.17, 15) is 9.59 Å². The summed E-state index contributed by atoms with van der Waals surface area (Å²) in [6, 6.07) is -0.702. The highest BCUT2D eigenvalue weighted by molar-refractivity contribution is 7.98. The van der Waals surface area contributed by atoms with E-state index in [0.29, 0.717) is 12.8 Å². The first-order valence-electron chi connectivity index (χ1n) is 6.32. The van der Waals surface area contributed by atoms with Gasteiger partial charge in [-0.15, -0.1) is 0 Å². The normalized spacial score (nSPS) is 25.4. The van der Waals surface area contributed by atoms with Crippen molar-refractivity contribution >= 4 is 23.6 Å². The van der Waals surface area contributed by atoms with Crippen LogP contribution in [0.3, 0.4) is 0 Å². The third-order valence-corrected chi connectivity index (χ3v) is 3.95. The molecule has 0 aliphatic heterocycles. The average Bonchev–Trinajstić information content (AvgIpc) is 2.33. The van der Waals surface area contributed by atoms with E-state index in [1.807, 2.05) is 6.26 Å². The Bertz CT molecular complexity index is 299. The Morgan fingerprint density at radius 3 is 2.78 bits per heavy atom. The highest BCUT2D eigenvalue weighted by atomic mass is 32.2. The van der Waals surface area contributed by atoms with Crippen LogP contribution in [0.5, 0.6) is 0 Å². The molecule has 18 heavy (non-hydrogen) atoms. The lowest BCUT2D eigenvalue weighted by Crippen LogP contribution is -2.46. The average molecular weight is 274 g/mol. The van der Waals surface area contributed by atoms with Crippen molar-refractivity contribution in [1.29, 1.82) is 0 Å². The van der Waals surface area contributed by atoms with E-state index in [-0.39, 0.29) is 17.9 Å². The molecule has 1 rings (SSSR count). The predicted molar refractivity (Wildman–Crippen MR) is 72.5 cm³/mol. The first-order chi connectivity index (χ1) is 8.54. The maximum absolute atomic E-state index is 12.0. The van der Waals surface area contributed by atoms with Crippen molar-refractivity contribution in [3.8, 4) is 0 Å². The van der Waals surface area contributed by atoms with Crippen molar-refractivity contribution in [2.24, 2.45) is 11.7 Å². The first kappa shape index (κ1) is 15.3. The molecule has 1 fully saturated rings. The van der Waals surface area contributed by atoms with Gasteiger partial charge in [-0.2, -0.15) is 11.8 Å². The Labute approximate surface area is 112 Å². The molecule has 0 heterocycles. The molecule has 0 spiro atoms. The van der Waals surface area contributed by atoms with Gasteiger partial charge in [0, 0.05) is 12.0 Å². The largest absolute Gasteiger partial charge is 0.480 e. The molecule has 0 aromatic heterocycles. The third kappa shape index (κ3) is 4.86. The first-order valence-corrected chi connectivity index (χ1v) is 7.71. The van der Waals surface area contributed by atoms with Gasteiger partial charge in [0.05, 0.1) is 0 Å². The van der Waals surface area contributed by atoms with Crippen molar-refractivity contribution in [3.63, 3.8) is 0 Å². The van der Waals surface area contributed by atoms with Crippen molar-refractivity contribution in [1.82, 2.24) is 5.32 Å². The van der Waals surface area contributed by atoms with Crippen LogP contribution in [-0.4, -0.2) is 41.1 Å². The Morgan fingerprint density at radius 2 is 2.22 bits per heavy atom. The minimum absolute atomic E-state index is 0.0731. The number of carboxylic acid groups (broad SMARTS) is 1. The number of hydrogen-bond acceptors (Lipinski definition) is 4. The minimum Gasteiger partial charge on any atom is -0.480 e. The molecular weight excluding hydrogens is 252 g/mol. The van der Waals surface area contributed by atoms with Crippen molar-refractivity contribution in [2.75, 3.05) is 12.0 Å². The topological polar surface area (TPSA) is 92.4 Å². The Kier molecular flexibility index (Phi) is 6.49. The van der Waals surface area contributed by atoms with Gasteiger partial charge in [0.2, 0.25) is 5.91 Å². The lowest BCUT2D eigenvalue weighted by atomic mass is 9.85. The molecule has 4 N–H and O–H groups in total. The number of carbonyl (C=O) groups is 2. The molecule has 0 aromatic carbocycles. The van der Waals surface area contributed by atoms with Gasteiger partial charge in [-0.25, -0.2) is 4.79 Å². The van der Waals surface area contributed by atoms with E-state index < -0.39 is 12.0 Å². The van der Waals surface area contributed by atoms with E-state index in [4.69, 9.17) is 10.8 Å². The van der Waals surface area contributed by atoms with Gasteiger partial charge < -0.3 is 16.2 Å². The summed E-state index contributed by atoms with van der Waals surface area (Å²) in [5, 5.41) is 11.7. The summed E-state index contributed by atoms with van der Waals surface area (Å²) >= 11 is 1.58. The van der Waals surface area contributed by atoms with E-state index in [0.717, 1.165) is 25.0 Å². The SMILES string of the molecule is CSCC[C@@H](NC(=O)C1CCCC(N)C1)C(=O)O. The molecular formula is C12H22N2O3S. The number of hydrogen-bond donors (Lipinski definition) is 3. The van der Waals surface area contributed by atoms with E-state index in [1.165, 1.54) is 0 Å². The zero-order valence-electron chi connectivity index (χ0n) is 10.7. The highest BCUT2D eigenvalue weighted by Crippen LogP contribution is 2.23. The van der Waals surface area contributed by atoms with Crippen LogP contribution in [0.25, 0.3) is 0 Å². The van der Waals surface area contributed by atoms with Crippen molar-refractivity contribution < 1.29 is 14.7 Å². The van der Waals surface area contributed by atoms with Gasteiger partial charge in [-0.05, 0) is 37.7 Å². The van der Waals surface area contributed by atoms with Crippen LogP contribution in [0, 0.1) is 5.92 Å². The molecule has 3 atom stereocenters. The van der Waals surface area contributed by atoms with Crippen LogP contribution < -0.4 is 11.1 Å². The summed E-state index contributed by atoms with van der Waals surface area (Å²) in [6.07, 6.45) is 5.76. The molecule has 1 amide bonds. The Morgan fingerprint density at radius 1 is 1.50 bits per heavy atom. The molecule has 0 radical (unpaired) electrons. The van der Waals surface area contributed by atoms with E-state index in [1.54, 1.807) is 11.8 Å². The lowest BCUT2D eigenvalue weighted by Gasteiger charge is -2.27. The summed E-state index contributed by atoms with van der Waals surface area (Å²) < 4.78 is 0. The quantitative estimate of drug-likeness (QED) is 0.667. The van der Waals surface area contributed by atoms with Gasteiger partial charge in [0.1, 0.15) is 6.04 Å². The summed E-state index contributed by atoms with van der Waals surface area (Å²) in [6.45, 7) is 0. The molecule has 2 unspecified atom stereocenters. The van der Waals surface area contributed by atoms with Crippen molar-refractivity contribution in [3.05, 3.63) is 0 Å². The van der Waals surface area contributed by atoms with E-state index >= 15 is 0 Å². The Hall–Kier alpha value is -0.750. The molecule has 6 heteroatoms. The molecule has 1 saturated carbocycles. The number of nitrogens with one attached hydrogen (secondary N) is 1. The molecule has 1 aliphatic rings. The third-order valence-electron chi connectivity index (χ3n) is 3.31. The molecule has 1 aliphatic carbocycles. The predicted octanol–water partition coefficient (Wildman–Crippen LogP) is 0.826.